The van der Waals surface area contributed by atoms with Crippen molar-refractivity contribution >= 4 is 28.5 Å². The van der Waals surface area contributed by atoms with Crippen molar-refractivity contribution in [1.82, 2.24) is 4.90 Å². The molecule has 0 radical (unpaired) electrons. The van der Waals surface area contributed by atoms with Gasteiger partial charge >= 0.3 is 6.18 Å². The molecule has 1 N–H and O–H groups in total. The zero-order chi connectivity index (χ0) is 22.0. The second-order valence-corrected chi connectivity index (χ2v) is 7.13. The van der Waals surface area contributed by atoms with Crippen LogP contribution in [0.1, 0.15) is 21.7 Å². The van der Waals surface area contributed by atoms with E-state index in [9.17, 15) is 22.8 Å². The first-order valence-corrected chi connectivity index (χ1v) is 9.67. The summed E-state index contributed by atoms with van der Waals surface area (Å²) in [6.07, 6.45) is -4.78. The quantitative estimate of drug-likeness (QED) is 0.674. The maximum Gasteiger partial charge on any atom is 0.416 e. The Balaban J connectivity index is 1.60. The van der Waals surface area contributed by atoms with E-state index in [2.05, 4.69) is 5.32 Å². The van der Waals surface area contributed by atoms with E-state index in [1.165, 1.54) is 12.1 Å². The SMILES string of the molecule is O=C(Cc1cccc(C(F)(F)F)c1)Nc1c(C(=O)N2CCOCC2)oc2ccccc12. The number of ether oxygens (including phenoxy) is 1. The Morgan fingerprint density at radius 3 is 2.52 bits per heavy atom. The van der Waals surface area contributed by atoms with Crippen molar-refractivity contribution in [3.8, 4) is 0 Å². The van der Waals surface area contributed by atoms with Gasteiger partial charge in [-0.1, -0.05) is 30.3 Å². The van der Waals surface area contributed by atoms with Crippen LogP contribution in [0.4, 0.5) is 18.9 Å². The number of nitrogens with one attached hydrogen (secondary N) is 1. The second kappa shape index (κ2) is 8.43. The molecule has 162 valence electrons. The molecule has 1 aliphatic heterocycles. The fourth-order valence-corrected chi connectivity index (χ4v) is 3.46. The number of carbonyl (C=O) groups excluding carboxylic acids is 2. The zero-order valence-electron chi connectivity index (χ0n) is 16.4. The summed E-state index contributed by atoms with van der Waals surface area (Å²) in [6.45, 7) is 1.60. The number of hydrogen-bond acceptors (Lipinski definition) is 4. The van der Waals surface area contributed by atoms with Crippen molar-refractivity contribution < 1.29 is 31.9 Å². The molecule has 0 spiro atoms. The minimum absolute atomic E-state index is 0.0134. The van der Waals surface area contributed by atoms with Crippen LogP contribution < -0.4 is 5.32 Å². The number of para-hydroxylation sites is 1. The number of alkyl halides is 3. The molecule has 1 saturated heterocycles. The molecule has 9 heteroatoms. The minimum Gasteiger partial charge on any atom is -0.449 e. The molecular weight excluding hydrogens is 413 g/mol. The van der Waals surface area contributed by atoms with Crippen LogP contribution in [0.2, 0.25) is 0 Å². The van der Waals surface area contributed by atoms with E-state index in [4.69, 9.17) is 9.15 Å². The summed E-state index contributed by atoms with van der Waals surface area (Å²) in [5.74, 6) is -0.948. The lowest BCUT2D eigenvalue weighted by Crippen LogP contribution is -2.40. The Labute approximate surface area is 175 Å². The lowest BCUT2D eigenvalue weighted by Gasteiger charge is -2.26. The smallest absolute Gasteiger partial charge is 0.416 e. The molecule has 31 heavy (non-hydrogen) atoms. The number of furan rings is 1. The summed E-state index contributed by atoms with van der Waals surface area (Å²) in [4.78, 5) is 27.2. The highest BCUT2D eigenvalue weighted by Crippen LogP contribution is 2.33. The van der Waals surface area contributed by atoms with Crippen molar-refractivity contribution in [2.75, 3.05) is 31.6 Å². The number of halogens is 3. The third-order valence-electron chi connectivity index (χ3n) is 4.97. The van der Waals surface area contributed by atoms with Crippen molar-refractivity contribution in [3.63, 3.8) is 0 Å². The molecule has 0 saturated carbocycles. The zero-order valence-corrected chi connectivity index (χ0v) is 16.4. The maximum absolute atomic E-state index is 13.0. The van der Waals surface area contributed by atoms with E-state index in [1.807, 2.05) is 0 Å². The summed E-state index contributed by atoms with van der Waals surface area (Å²) >= 11 is 0. The van der Waals surface area contributed by atoms with Crippen LogP contribution in [0, 0.1) is 0 Å². The summed E-state index contributed by atoms with van der Waals surface area (Å²) in [6, 6.07) is 11.4. The van der Waals surface area contributed by atoms with Crippen LogP contribution in [-0.2, 0) is 22.1 Å². The summed E-state index contributed by atoms with van der Waals surface area (Å²) in [5, 5.41) is 3.21. The Hall–Kier alpha value is -3.33. The minimum atomic E-state index is -4.50. The van der Waals surface area contributed by atoms with E-state index in [0.29, 0.717) is 37.3 Å². The number of anilines is 1. The fraction of sp³-hybridized carbons (Fsp3) is 0.273. The third-order valence-corrected chi connectivity index (χ3v) is 4.97. The van der Waals surface area contributed by atoms with Gasteiger partial charge in [0.2, 0.25) is 11.7 Å². The first-order chi connectivity index (χ1) is 14.8. The molecular formula is C22H19F3N2O4. The number of carbonyl (C=O) groups is 2. The van der Waals surface area contributed by atoms with Gasteiger partial charge in [-0.25, -0.2) is 0 Å². The topological polar surface area (TPSA) is 71.8 Å². The van der Waals surface area contributed by atoms with Gasteiger partial charge < -0.3 is 19.4 Å². The predicted octanol–water partition coefficient (Wildman–Crippen LogP) is 4.11. The number of nitrogens with zero attached hydrogens (tertiary/aromatic N) is 1. The monoisotopic (exact) mass is 432 g/mol. The highest BCUT2D eigenvalue weighted by Gasteiger charge is 2.31. The van der Waals surface area contributed by atoms with Crippen LogP contribution in [0.25, 0.3) is 11.0 Å². The lowest BCUT2D eigenvalue weighted by molar-refractivity contribution is -0.137. The van der Waals surface area contributed by atoms with E-state index < -0.39 is 17.6 Å². The molecule has 2 amide bonds. The highest BCUT2D eigenvalue weighted by molar-refractivity contribution is 6.11. The first-order valence-electron chi connectivity index (χ1n) is 9.67. The van der Waals surface area contributed by atoms with E-state index in [1.54, 1.807) is 29.2 Å². The molecule has 2 heterocycles. The van der Waals surface area contributed by atoms with E-state index >= 15 is 0 Å². The molecule has 6 nitrogen and oxygen atoms in total. The normalized spacial score (nSPS) is 14.6. The van der Waals surface area contributed by atoms with Crippen LogP contribution in [0.3, 0.4) is 0 Å². The van der Waals surface area contributed by atoms with Gasteiger partial charge in [0.05, 0.1) is 25.2 Å². The molecule has 2 aromatic carbocycles. The van der Waals surface area contributed by atoms with Crippen molar-refractivity contribution in [2.24, 2.45) is 0 Å². The van der Waals surface area contributed by atoms with E-state index in [-0.39, 0.29) is 29.3 Å². The van der Waals surface area contributed by atoms with Crippen LogP contribution >= 0.6 is 0 Å². The van der Waals surface area contributed by atoms with Gasteiger partial charge in [0, 0.05) is 18.5 Å². The largest absolute Gasteiger partial charge is 0.449 e. The second-order valence-electron chi connectivity index (χ2n) is 7.13. The lowest BCUT2D eigenvalue weighted by atomic mass is 10.1. The molecule has 0 bridgehead atoms. The Bertz CT molecular complexity index is 1120. The Morgan fingerprint density at radius 2 is 1.77 bits per heavy atom. The molecule has 1 aromatic heterocycles. The van der Waals surface area contributed by atoms with Gasteiger partial charge in [0.25, 0.3) is 5.91 Å². The Kier molecular flexibility index (Phi) is 5.69. The molecule has 1 aliphatic rings. The van der Waals surface area contributed by atoms with Gasteiger partial charge in [0.15, 0.2) is 0 Å². The van der Waals surface area contributed by atoms with Gasteiger partial charge in [0.1, 0.15) is 11.3 Å². The standard InChI is InChI=1S/C22H19F3N2O4/c23-22(24,25)15-5-3-4-14(12-15)13-18(28)26-19-16-6-1-2-7-17(16)31-20(19)21(29)27-8-10-30-11-9-27/h1-7,12H,8-11,13H2,(H,26,28). The summed E-state index contributed by atoms with van der Waals surface area (Å²) in [5.41, 5.74) is 0.0217. The fourth-order valence-electron chi connectivity index (χ4n) is 3.46. The van der Waals surface area contributed by atoms with Gasteiger partial charge in [-0.05, 0) is 23.8 Å². The average molecular weight is 432 g/mol. The molecule has 4 rings (SSSR count). The predicted molar refractivity (Wildman–Crippen MR) is 107 cm³/mol. The number of amides is 2. The highest BCUT2D eigenvalue weighted by atomic mass is 19.4. The van der Waals surface area contributed by atoms with Gasteiger partial charge in [-0.15, -0.1) is 0 Å². The van der Waals surface area contributed by atoms with Crippen LogP contribution in [0.5, 0.6) is 0 Å². The van der Waals surface area contributed by atoms with Crippen molar-refractivity contribution in [2.45, 2.75) is 12.6 Å². The van der Waals surface area contributed by atoms with Gasteiger partial charge in [-0.2, -0.15) is 13.2 Å². The van der Waals surface area contributed by atoms with Crippen LogP contribution in [-0.4, -0.2) is 43.0 Å². The number of fused-ring (bicyclic) bond motifs is 1. The summed E-state index contributed by atoms with van der Waals surface area (Å²) in [7, 11) is 0. The van der Waals surface area contributed by atoms with Crippen molar-refractivity contribution in [3.05, 3.63) is 65.4 Å². The first kappa shape index (κ1) is 20.9. The number of benzene rings is 2. The average Bonchev–Trinajstić information content (AvgIpc) is 3.12. The summed E-state index contributed by atoms with van der Waals surface area (Å²) < 4.78 is 49.8. The van der Waals surface area contributed by atoms with Gasteiger partial charge in [-0.3, -0.25) is 9.59 Å². The number of rotatable bonds is 4. The number of hydrogen-bond donors (Lipinski definition) is 1. The molecule has 0 unspecified atom stereocenters. The molecule has 1 fully saturated rings. The maximum atomic E-state index is 13.0. The van der Waals surface area contributed by atoms with Crippen molar-refractivity contribution in [1.29, 1.82) is 0 Å². The number of morpholine rings is 1. The Morgan fingerprint density at radius 1 is 1.03 bits per heavy atom. The third kappa shape index (κ3) is 4.56. The molecule has 0 aliphatic carbocycles. The molecule has 3 aromatic rings. The van der Waals surface area contributed by atoms with E-state index in [0.717, 1.165) is 12.1 Å². The molecule has 0 atom stereocenters. The van der Waals surface area contributed by atoms with Crippen LogP contribution in [0.15, 0.2) is 52.9 Å².